The molecule has 0 radical (unpaired) electrons. The molecule has 4 atom stereocenters. The van der Waals surface area contributed by atoms with E-state index in [0.717, 1.165) is 44.3 Å². The Bertz CT molecular complexity index is 541. The topological polar surface area (TPSA) is 50.8 Å². The molecule has 2 aliphatic heterocycles. The third-order valence-electron chi connectivity index (χ3n) is 5.79. The van der Waals surface area contributed by atoms with Crippen molar-refractivity contribution >= 4 is 11.6 Å². The number of nitrogens with zero attached hydrogens (tertiary/aromatic N) is 2. The van der Waals surface area contributed by atoms with Crippen LogP contribution in [0.2, 0.25) is 5.02 Å². The highest BCUT2D eigenvalue weighted by molar-refractivity contribution is 6.30. The molecule has 3 rings (SSSR count). The van der Waals surface area contributed by atoms with E-state index in [1.54, 1.807) is 0 Å². The second kappa shape index (κ2) is 8.80. The highest BCUT2D eigenvalue weighted by Crippen LogP contribution is 2.30. The molecule has 2 unspecified atom stereocenters. The number of aliphatic hydroxyl groups is 1. The van der Waals surface area contributed by atoms with Gasteiger partial charge in [0.15, 0.2) is 0 Å². The van der Waals surface area contributed by atoms with Crippen LogP contribution in [-0.4, -0.2) is 67.8 Å². The lowest BCUT2D eigenvalue weighted by Gasteiger charge is -2.25. The molecule has 2 saturated heterocycles. The lowest BCUT2D eigenvalue weighted by Crippen LogP contribution is -2.33. The number of aliphatic hydroxyl groups excluding tert-OH is 1. The number of benzene rings is 1. The smallest absolute Gasteiger partial charge is 0.0515 e. The van der Waals surface area contributed by atoms with Gasteiger partial charge in [-0.25, -0.2) is 5.43 Å². The number of nitrogens with one attached hydrogen (secondary N) is 2. The summed E-state index contributed by atoms with van der Waals surface area (Å²) >= 11 is 6.02. The molecule has 2 aliphatic rings. The van der Waals surface area contributed by atoms with Crippen LogP contribution < -0.4 is 10.9 Å². The van der Waals surface area contributed by atoms with Crippen molar-refractivity contribution in [1.82, 2.24) is 20.7 Å². The molecule has 0 aliphatic carbocycles. The summed E-state index contributed by atoms with van der Waals surface area (Å²) in [5.74, 6) is 1.47. The van der Waals surface area contributed by atoms with Gasteiger partial charge in [-0.05, 0) is 43.1 Å². The second-order valence-corrected chi connectivity index (χ2v) is 8.03. The number of rotatable bonds is 7. The lowest BCUT2D eigenvalue weighted by molar-refractivity contribution is 0.177. The van der Waals surface area contributed by atoms with Gasteiger partial charge in [-0.3, -0.25) is 5.43 Å². The van der Waals surface area contributed by atoms with Crippen LogP contribution in [0.25, 0.3) is 0 Å². The highest BCUT2D eigenvalue weighted by Gasteiger charge is 2.36. The van der Waals surface area contributed by atoms with Crippen molar-refractivity contribution in [2.24, 2.45) is 17.8 Å². The molecule has 0 saturated carbocycles. The Morgan fingerprint density at radius 1 is 1.20 bits per heavy atom. The largest absolute Gasteiger partial charge is 0.396 e. The molecule has 0 amide bonds. The van der Waals surface area contributed by atoms with Gasteiger partial charge in [-0.2, -0.15) is 0 Å². The van der Waals surface area contributed by atoms with E-state index >= 15 is 0 Å². The van der Waals surface area contributed by atoms with Crippen LogP contribution in [0.1, 0.15) is 18.5 Å². The first kappa shape index (κ1) is 19.1. The molecule has 0 aromatic heterocycles. The summed E-state index contributed by atoms with van der Waals surface area (Å²) in [6, 6.07) is 8.45. The Labute approximate surface area is 156 Å². The SMILES string of the molecule is CCN(C)C[C@@H]1CN(CC2CNNC2c2ccc(Cl)cc2)C[C@@H]1CO. The Kier molecular flexibility index (Phi) is 6.72. The second-order valence-electron chi connectivity index (χ2n) is 7.59. The van der Waals surface area contributed by atoms with Crippen LogP contribution in [0.4, 0.5) is 0 Å². The maximum atomic E-state index is 9.77. The zero-order chi connectivity index (χ0) is 17.8. The van der Waals surface area contributed by atoms with Crippen LogP contribution in [0.3, 0.4) is 0 Å². The van der Waals surface area contributed by atoms with Gasteiger partial charge in [0, 0.05) is 50.3 Å². The van der Waals surface area contributed by atoms with Crippen molar-refractivity contribution in [2.75, 3.05) is 52.9 Å². The summed E-state index contributed by atoms with van der Waals surface area (Å²) in [6.45, 7) is 8.71. The summed E-state index contributed by atoms with van der Waals surface area (Å²) in [5.41, 5.74) is 8.01. The minimum Gasteiger partial charge on any atom is -0.396 e. The Balaban J connectivity index is 1.60. The molecule has 1 aromatic rings. The van der Waals surface area contributed by atoms with E-state index in [2.05, 4.69) is 46.8 Å². The monoisotopic (exact) mass is 366 g/mol. The Morgan fingerprint density at radius 3 is 2.60 bits per heavy atom. The fraction of sp³-hybridized carbons (Fsp3) is 0.684. The quantitative estimate of drug-likeness (QED) is 0.684. The van der Waals surface area contributed by atoms with Crippen LogP contribution in [0.5, 0.6) is 0 Å². The van der Waals surface area contributed by atoms with E-state index in [-0.39, 0.29) is 0 Å². The minimum atomic E-state index is 0.292. The van der Waals surface area contributed by atoms with Crippen molar-refractivity contribution < 1.29 is 5.11 Å². The number of halogens is 1. The molecule has 2 heterocycles. The number of hydrogen-bond acceptors (Lipinski definition) is 5. The van der Waals surface area contributed by atoms with Crippen LogP contribution in [-0.2, 0) is 0 Å². The van der Waals surface area contributed by atoms with E-state index in [4.69, 9.17) is 11.6 Å². The molecular weight excluding hydrogens is 336 g/mol. The number of hydrogen-bond donors (Lipinski definition) is 3. The maximum Gasteiger partial charge on any atom is 0.0515 e. The number of hydrazine groups is 1. The lowest BCUT2D eigenvalue weighted by atomic mass is 9.94. The van der Waals surface area contributed by atoms with Crippen molar-refractivity contribution in [2.45, 2.75) is 13.0 Å². The van der Waals surface area contributed by atoms with E-state index in [1.807, 2.05) is 12.1 Å². The normalized spacial score (nSPS) is 30.4. The van der Waals surface area contributed by atoms with Gasteiger partial charge in [0.1, 0.15) is 0 Å². The molecule has 1 aromatic carbocycles. The standard InChI is InChI=1S/C19H31ClN4O/c1-3-23(2)9-16-11-24(12-17(16)13-25)10-15-8-21-22-19(15)14-4-6-18(20)7-5-14/h4-7,15-17,19,21-22,25H,3,8-13H2,1-2H3/t15?,16-,17-,19?/m1/s1. The summed E-state index contributed by atoms with van der Waals surface area (Å²) in [6.07, 6.45) is 0. The van der Waals surface area contributed by atoms with E-state index in [0.29, 0.717) is 30.4 Å². The van der Waals surface area contributed by atoms with Gasteiger partial charge in [0.05, 0.1) is 6.04 Å². The molecule has 140 valence electrons. The fourth-order valence-corrected chi connectivity index (χ4v) is 4.32. The fourth-order valence-electron chi connectivity index (χ4n) is 4.19. The summed E-state index contributed by atoms with van der Waals surface area (Å²) in [5, 5.41) is 10.6. The predicted molar refractivity (Wildman–Crippen MR) is 102 cm³/mol. The van der Waals surface area contributed by atoms with Crippen LogP contribution in [0, 0.1) is 17.8 Å². The molecule has 25 heavy (non-hydrogen) atoms. The summed E-state index contributed by atoms with van der Waals surface area (Å²) in [7, 11) is 2.17. The molecule has 6 heteroatoms. The van der Waals surface area contributed by atoms with Crippen molar-refractivity contribution in [3.05, 3.63) is 34.9 Å². The first-order valence-corrected chi connectivity index (χ1v) is 9.74. The predicted octanol–water partition coefficient (Wildman–Crippen LogP) is 1.60. The van der Waals surface area contributed by atoms with E-state index in [1.165, 1.54) is 5.56 Å². The highest BCUT2D eigenvalue weighted by atomic mass is 35.5. The Hall–Kier alpha value is -0.690. The van der Waals surface area contributed by atoms with Gasteiger partial charge in [-0.1, -0.05) is 30.7 Å². The maximum absolute atomic E-state index is 9.77. The zero-order valence-electron chi connectivity index (χ0n) is 15.3. The molecule has 0 bridgehead atoms. The summed E-state index contributed by atoms with van der Waals surface area (Å²) < 4.78 is 0. The van der Waals surface area contributed by atoms with Gasteiger partial charge in [-0.15, -0.1) is 0 Å². The van der Waals surface area contributed by atoms with Crippen LogP contribution >= 0.6 is 11.6 Å². The molecule has 3 N–H and O–H groups in total. The average Bonchev–Trinajstić information content (AvgIpc) is 3.22. The van der Waals surface area contributed by atoms with Crippen molar-refractivity contribution in [3.63, 3.8) is 0 Å². The molecule has 0 spiro atoms. The first-order valence-electron chi connectivity index (χ1n) is 9.36. The molecule has 2 fully saturated rings. The third kappa shape index (κ3) is 4.73. The molecular formula is C19H31ClN4O. The van der Waals surface area contributed by atoms with Gasteiger partial charge in [0.2, 0.25) is 0 Å². The minimum absolute atomic E-state index is 0.292. The first-order chi connectivity index (χ1) is 12.1. The van der Waals surface area contributed by atoms with E-state index in [9.17, 15) is 5.11 Å². The average molecular weight is 367 g/mol. The van der Waals surface area contributed by atoms with Gasteiger partial charge >= 0.3 is 0 Å². The Morgan fingerprint density at radius 2 is 1.92 bits per heavy atom. The number of likely N-dealkylation sites (tertiary alicyclic amines) is 1. The van der Waals surface area contributed by atoms with Gasteiger partial charge in [0.25, 0.3) is 0 Å². The third-order valence-corrected chi connectivity index (χ3v) is 6.04. The van der Waals surface area contributed by atoms with Gasteiger partial charge < -0.3 is 14.9 Å². The molecule has 5 nitrogen and oxygen atoms in total. The van der Waals surface area contributed by atoms with Crippen molar-refractivity contribution in [3.8, 4) is 0 Å². The zero-order valence-corrected chi connectivity index (χ0v) is 16.0. The van der Waals surface area contributed by atoms with Crippen LogP contribution in [0.15, 0.2) is 24.3 Å². The van der Waals surface area contributed by atoms with E-state index < -0.39 is 0 Å². The van der Waals surface area contributed by atoms with Crippen molar-refractivity contribution in [1.29, 1.82) is 0 Å². The summed E-state index contributed by atoms with van der Waals surface area (Å²) in [4.78, 5) is 4.89.